The quantitative estimate of drug-likeness (QED) is 0.820. The molecule has 2 aromatic carbocycles. The average Bonchev–Trinajstić information content (AvgIpc) is 2.42. The number of nitrogens with one attached hydrogen (secondary N) is 1. The molecule has 0 aromatic heterocycles. The number of nitrogens with two attached hydrogens (primary N) is 1. The fourth-order valence-corrected chi connectivity index (χ4v) is 1.80. The highest BCUT2D eigenvalue weighted by molar-refractivity contribution is 5.66. The largest absolute Gasteiger partial charge is 0.492 e. The van der Waals surface area contributed by atoms with Gasteiger partial charge in [-0.2, -0.15) is 13.2 Å². The number of alkyl halides is 3. The van der Waals surface area contributed by atoms with E-state index in [1.807, 2.05) is 6.92 Å². The normalized spacial score (nSPS) is 11.2. The lowest BCUT2D eigenvalue weighted by Crippen LogP contribution is -2.04. The zero-order valence-corrected chi connectivity index (χ0v) is 11.4. The lowest BCUT2D eigenvalue weighted by atomic mass is 10.2. The number of anilines is 3. The van der Waals surface area contributed by atoms with E-state index in [9.17, 15) is 13.2 Å². The SMILES string of the molecule is CCOc1cc(Nc2ccc(C(F)(F)F)cc2)ccc1N. The van der Waals surface area contributed by atoms with Crippen LogP contribution in [0.1, 0.15) is 12.5 Å². The van der Waals surface area contributed by atoms with E-state index in [2.05, 4.69) is 5.32 Å². The Kier molecular flexibility index (Phi) is 4.26. The van der Waals surface area contributed by atoms with Gasteiger partial charge in [0.2, 0.25) is 0 Å². The van der Waals surface area contributed by atoms with Gasteiger partial charge in [-0.15, -0.1) is 0 Å². The topological polar surface area (TPSA) is 47.3 Å². The molecule has 6 heteroatoms. The van der Waals surface area contributed by atoms with Crippen LogP contribution in [-0.2, 0) is 6.18 Å². The van der Waals surface area contributed by atoms with Crippen LogP contribution in [0.3, 0.4) is 0 Å². The van der Waals surface area contributed by atoms with Crippen molar-refractivity contribution in [3.63, 3.8) is 0 Å². The van der Waals surface area contributed by atoms with Gasteiger partial charge in [-0.3, -0.25) is 0 Å². The molecular formula is C15H15F3N2O. The van der Waals surface area contributed by atoms with Crippen molar-refractivity contribution < 1.29 is 17.9 Å². The Balaban J connectivity index is 2.16. The molecular weight excluding hydrogens is 281 g/mol. The number of rotatable bonds is 4. The van der Waals surface area contributed by atoms with Crippen molar-refractivity contribution in [2.45, 2.75) is 13.1 Å². The zero-order valence-electron chi connectivity index (χ0n) is 11.4. The summed E-state index contributed by atoms with van der Waals surface area (Å²) in [5, 5.41) is 3.01. The van der Waals surface area contributed by atoms with E-state index in [4.69, 9.17) is 10.5 Å². The maximum absolute atomic E-state index is 12.5. The molecule has 21 heavy (non-hydrogen) atoms. The Morgan fingerprint density at radius 2 is 1.67 bits per heavy atom. The summed E-state index contributed by atoms with van der Waals surface area (Å²) in [6.45, 7) is 2.32. The maximum Gasteiger partial charge on any atom is 0.416 e. The molecule has 0 spiro atoms. The Bertz CT molecular complexity index is 609. The van der Waals surface area contributed by atoms with Gasteiger partial charge in [0.25, 0.3) is 0 Å². The summed E-state index contributed by atoms with van der Waals surface area (Å²) >= 11 is 0. The third-order valence-electron chi connectivity index (χ3n) is 2.81. The monoisotopic (exact) mass is 296 g/mol. The first-order valence-electron chi connectivity index (χ1n) is 6.36. The second-order valence-electron chi connectivity index (χ2n) is 4.39. The smallest absolute Gasteiger partial charge is 0.416 e. The average molecular weight is 296 g/mol. The van der Waals surface area contributed by atoms with Gasteiger partial charge in [0.05, 0.1) is 17.9 Å². The molecule has 2 rings (SSSR count). The molecule has 0 aliphatic heterocycles. The van der Waals surface area contributed by atoms with Crippen molar-refractivity contribution in [3.05, 3.63) is 48.0 Å². The molecule has 0 atom stereocenters. The highest BCUT2D eigenvalue weighted by atomic mass is 19.4. The Labute approximate surface area is 120 Å². The summed E-state index contributed by atoms with van der Waals surface area (Å²) in [6.07, 6.45) is -4.33. The van der Waals surface area contributed by atoms with Gasteiger partial charge in [0, 0.05) is 17.4 Å². The predicted molar refractivity (Wildman–Crippen MR) is 76.8 cm³/mol. The van der Waals surface area contributed by atoms with E-state index >= 15 is 0 Å². The van der Waals surface area contributed by atoms with E-state index in [0.29, 0.717) is 29.4 Å². The van der Waals surface area contributed by atoms with Gasteiger partial charge in [0.1, 0.15) is 5.75 Å². The van der Waals surface area contributed by atoms with Crippen molar-refractivity contribution in [1.29, 1.82) is 0 Å². The van der Waals surface area contributed by atoms with Crippen molar-refractivity contribution in [1.82, 2.24) is 0 Å². The van der Waals surface area contributed by atoms with E-state index in [-0.39, 0.29) is 0 Å². The first-order valence-corrected chi connectivity index (χ1v) is 6.36. The summed E-state index contributed by atoms with van der Waals surface area (Å²) in [7, 11) is 0. The van der Waals surface area contributed by atoms with E-state index in [0.717, 1.165) is 12.1 Å². The maximum atomic E-state index is 12.5. The minimum Gasteiger partial charge on any atom is -0.492 e. The fraction of sp³-hybridized carbons (Fsp3) is 0.200. The van der Waals surface area contributed by atoms with E-state index in [1.54, 1.807) is 18.2 Å². The van der Waals surface area contributed by atoms with Gasteiger partial charge in [-0.1, -0.05) is 0 Å². The van der Waals surface area contributed by atoms with Gasteiger partial charge in [0.15, 0.2) is 0 Å². The van der Waals surface area contributed by atoms with Crippen molar-refractivity contribution in [3.8, 4) is 5.75 Å². The van der Waals surface area contributed by atoms with Crippen molar-refractivity contribution in [2.24, 2.45) is 0 Å². The second-order valence-corrected chi connectivity index (χ2v) is 4.39. The number of nitrogen functional groups attached to an aromatic ring is 1. The number of halogens is 3. The number of hydrogen-bond donors (Lipinski definition) is 2. The molecule has 0 radical (unpaired) electrons. The van der Waals surface area contributed by atoms with Crippen LogP contribution in [0.4, 0.5) is 30.2 Å². The number of ether oxygens (including phenoxy) is 1. The van der Waals surface area contributed by atoms with Crippen molar-refractivity contribution in [2.75, 3.05) is 17.7 Å². The lowest BCUT2D eigenvalue weighted by Gasteiger charge is -2.12. The highest BCUT2D eigenvalue weighted by Crippen LogP contribution is 2.31. The standard InChI is InChI=1S/C15H15F3N2O/c1-2-21-14-9-12(7-8-13(14)19)20-11-5-3-10(4-6-11)15(16,17)18/h3-9,20H,2,19H2,1H3. The number of hydrogen-bond acceptors (Lipinski definition) is 3. The fourth-order valence-electron chi connectivity index (χ4n) is 1.80. The second kappa shape index (κ2) is 5.95. The molecule has 2 aromatic rings. The van der Waals surface area contributed by atoms with Gasteiger partial charge in [-0.25, -0.2) is 0 Å². The van der Waals surface area contributed by atoms with Crippen LogP contribution in [0, 0.1) is 0 Å². The molecule has 0 heterocycles. The Hall–Kier alpha value is -2.37. The predicted octanol–water partition coefficient (Wildman–Crippen LogP) is 4.43. The molecule has 0 unspecified atom stereocenters. The lowest BCUT2D eigenvalue weighted by molar-refractivity contribution is -0.137. The first-order chi connectivity index (χ1) is 9.90. The Morgan fingerprint density at radius 3 is 2.24 bits per heavy atom. The first kappa shape index (κ1) is 15.0. The minimum atomic E-state index is -4.33. The molecule has 0 aliphatic rings. The summed E-state index contributed by atoms with van der Waals surface area (Å²) in [6, 6.07) is 9.93. The van der Waals surface area contributed by atoms with Crippen LogP contribution in [0.15, 0.2) is 42.5 Å². The molecule has 3 nitrogen and oxygen atoms in total. The third kappa shape index (κ3) is 3.81. The minimum absolute atomic E-state index is 0.480. The summed E-state index contributed by atoms with van der Waals surface area (Å²) in [4.78, 5) is 0. The molecule has 0 aliphatic carbocycles. The number of benzene rings is 2. The summed E-state index contributed by atoms with van der Waals surface area (Å²) in [5.41, 5.74) is 6.83. The van der Waals surface area contributed by atoms with Gasteiger partial charge < -0.3 is 15.8 Å². The van der Waals surface area contributed by atoms with Crippen LogP contribution in [0.5, 0.6) is 5.75 Å². The van der Waals surface area contributed by atoms with Crippen LogP contribution >= 0.6 is 0 Å². The molecule has 0 bridgehead atoms. The molecule has 112 valence electrons. The van der Waals surface area contributed by atoms with Crippen LogP contribution in [0.2, 0.25) is 0 Å². The van der Waals surface area contributed by atoms with Crippen LogP contribution in [-0.4, -0.2) is 6.61 Å². The molecule has 0 fully saturated rings. The molecule has 0 amide bonds. The van der Waals surface area contributed by atoms with E-state index < -0.39 is 11.7 Å². The Morgan fingerprint density at radius 1 is 1.05 bits per heavy atom. The van der Waals surface area contributed by atoms with Crippen LogP contribution in [0.25, 0.3) is 0 Å². The van der Waals surface area contributed by atoms with Gasteiger partial charge in [-0.05, 0) is 43.3 Å². The van der Waals surface area contributed by atoms with Crippen LogP contribution < -0.4 is 15.8 Å². The van der Waals surface area contributed by atoms with Gasteiger partial charge >= 0.3 is 6.18 Å². The molecule has 0 saturated carbocycles. The van der Waals surface area contributed by atoms with Crippen molar-refractivity contribution >= 4 is 17.1 Å². The summed E-state index contributed by atoms with van der Waals surface area (Å²) in [5.74, 6) is 0.536. The summed E-state index contributed by atoms with van der Waals surface area (Å²) < 4.78 is 42.8. The third-order valence-corrected chi connectivity index (χ3v) is 2.81. The van der Waals surface area contributed by atoms with E-state index in [1.165, 1.54) is 12.1 Å². The highest BCUT2D eigenvalue weighted by Gasteiger charge is 2.29. The molecule has 3 N–H and O–H groups in total. The molecule has 0 saturated heterocycles. The zero-order chi connectivity index (χ0) is 15.5.